The number of halogens is 1. The van der Waals surface area contributed by atoms with Gasteiger partial charge in [-0.2, -0.15) is 5.10 Å². The SMILES string of the molecule is Cc1cc(NC(=O)c2ccc(CN3CCCC3=O)cc2)n(-c2cccc(Br)c2)n1. The highest BCUT2D eigenvalue weighted by atomic mass is 79.9. The van der Waals surface area contributed by atoms with E-state index in [4.69, 9.17) is 0 Å². The van der Waals surface area contributed by atoms with Crippen molar-refractivity contribution in [2.75, 3.05) is 11.9 Å². The largest absolute Gasteiger partial charge is 0.338 e. The van der Waals surface area contributed by atoms with Crippen molar-refractivity contribution in [1.82, 2.24) is 14.7 Å². The minimum Gasteiger partial charge on any atom is -0.338 e. The van der Waals surface area contributed by atoms with Crippen LogP contribution in [0.3, 0.4) is 0 Å². The molecule has 1 fully saturated rings. The van der Waals surface area contributed by atoms with Crippen molar-refractivity contribution in [3.63, 3.8) is 0 Å². The summed E-state index contributed by atoms with van der Waals surface area (Å²) >= 11 is 3.47. The number of hydrogen-bond donors (Lipinski definition) is 1. The van der Waals surface area contributed by atoms with Crippen LogP contribution in [0.5, 0.6) is 0 Å². The van der Waals surface area contributed by atoms with Crippen LogP contribution in [0.15, 0.2) is 59.1 Å². The highest BCUT2D eigenvalue weighted by molar-refractivity contribution is 9.10. The van der Waals surface area contributed by atoms with Crippen molar-refractivity contribution in [3.05, 3.63) is 75.9 Å². The van der Waals surface area contributed by atoms with Gasteiger partial charge in [0.2, 0.25) is 5.91 Å². The molecular weight excluding hydrogens is 432 g/mol. The number of aromatic nitrogens is 2. The molecule has 6 nitrogen and oxygen atoms in total. The van der Waals surface area contributed by atoms with E-state index in [1.807, 2.05) is 54.3 Å². The summed E-state index contributed by atoms with van der Waals surface area (Å²) in [5, 5.41) is 7.44. The first kappa shape index (κ1) is 19.4. The first-order valence-electron chi connectivity index (χ1n) is 9.50. The Balaban J connectivity index is 1.49. The molecule has 2 aromatic carbocycles. The number of rotatable bonds is 5. The lowest BCUT2D eigenvalue weighted by atomic mass is 10.1. The summed E-state index contributed by atoms with van der Waals surface area (Å²) in [6, 6.07) is 17.0. The average molecular weight is 453 g/mol. The molecule has 29 heavy (non-hydrogen) atoms. The molecule has 0 bridgehead atoms. The molecule has 0 atom stereocenters. The van der Waals surface area contributed by atoms with Gasteiger partial charge in [0, 0.05) is 35.6 Å². The van der Waals surface area contributed by atoms with Crippen LogP contribution >= 0.6 is 15.9 Å². The molecule has 0 unspecified atom stereocenters. The lowest BCUT2D eigenvalue weighted by Crippen LogP contribution is -2.23. The minimum absolute atomic E-state index is 0.197. The molecule has 3 aromatic rings. The first-order valence-corrected chi connectivity index (χ1v) is 10.3. The summed E-state index contributed by atoms with van der Waals surface area (Å²) in [5.41, 5.74) is 3.24. The Kier molecular flexibility index (Phi) is 5.49. The quantitative estimate of drug-likeness (QED) is 0.626. The van der Waals surface area contributed by atoms with Crippen LogP contribution in [0.25, 0.3) is 5.69 Å². The van der Waals surface area contributed by atoms with Crippen LogP contribution in [0, 0.1) is 6.92 Å². The van der Waals surface area contributed by atoms with Gasteiger partial charge in [0.05, 0.1) is 11.4 Å². The zero-order valence-corrected chi connectivity index (χ0v) is 17.6. The van der Waals surface area contributed by atoms with E-state index in [0.717, 1.165) is 34.4 Å². The molecule has 0 saturated carbocycles. The third-order valence-electron chi connectivity index (χ3n) is 4.89. The van der Waals surface area contributed by atoms with E-state index in [2.05, 4.69) is 26.3 Å². The lowest BCUT2D eigenvalue weighted by Gasteiger charge is -2.15. The zero-order chi connectivity index (χ0) is 20.4. The number of hydrogen-bond acceptors (Lipinski definition) is 3. The highest BCUT2D eigenvalue weighted by Gasteiger charge is 2.20. The van der Waals surface area contributed by atoms with E-state index in [1.165, 1.54) is 0 Å². The molecule has 4 rings (SSSR count). The van der Waals surface area contributed by atoms with Crippen LogP contribution < -0.4 is 5.32 Å². The summed E-state index contributed by atoms with van der Waals surface area (Å²) in [6.07, 6.45) is 1.55. The Morgan fingerprint density at radius 2 is 1.97 bits per heavy atom. The molecule has 7 heteroatoms. The van der Waals surface area contributed by atoms with Gasteiger partial charge in [-0.1, -0.05) is 34.1 Å². The smallest absolute Gasteiger partial charge is 0.256 e. The molecular formula is C22H21BrN4O2. The van der Waals surface area contributed by atoms with Crippen molar-refractivity contribution < 1.29 is 9.59 Å². The molecule has 0 radical (unpaired) electrons. The molecule has 1 aliphatic heterocycles. The number of nitrogens with zero attached hydrogens (tertiary/aromatic N) is 3. The van der Waals surface area contributed by atoms with E-state index >= 15 is 0 Å². The fourth-order valence-corrected chi connectivity index (χ4v) is 3.82. The second-order valence-corrected chi connectivity index (χ2v) is 8.05. The topological polar surface area (TPSA) is 67.2 Å². The van der Waals surface area contributed by atoms with Crippen molar-refractivity contribution in [1.29, 1.82) is 0 Å². The molecule has 1 N–H and O–H groups in total. The molecule has 2 heterocycles. The van der Waals surface area contributed by atoms with E-state index in [9.17, 15) is 9.59 Å². The van der Waals surface area contributed by atoms with Crippen LogP contribution in [0.1, 0.15) is 34.5 Å². The maximum Gasteiger partial charge on any atom is 0.256 e. The number of nitrogens with one attached hydrogen (secondary N) is 1. The standard InChI is InChI=1S/C22H21BrN4O2/c1-15-12-20(27(25-15)19-5-2-4-18(23)13-19)24-22(29)17-9-7-16(8-10-17)14-26-11-3-6-21(26)28/h2,4-5,7-10,12-13H,3,6,11,14H2,1H3,(H,24,29). The van der Waals surface area contributed by atoms with Crippen molar-refractivity contribution in [2.45, 2.75) is 26.3 Å². The maximum atomic E-state index is 12.8. The zero-order valence-electron chi connectivity index (χ0n) is 16.1. The Morgan fingerprint density at radius 1 is 1.17 bits per heavy atom. The lowest BCUT2D eigenvalue weighted by molar-refractivity contribution is -0.128. The Morgan fingerprint density at radius 3 is 2.66 bits per heavy atom. The highest BCUT2D eigenvalue weighted by Crippen LogP contribution is 2.21. The summed E-state index contributed by atoms with van der Waals surface area (Å²) in [7, 11) is 0. The van der Waals surface area contributed by atoms with Crippen molar-refractivity contribution >= 4 is 33.6 Å². The maximum absolute atomic E-state index is 12.8. The molecule has 0 aliphatic carbocycles. The number of anilines is 1. The first-order chi connectivity index (χ1) is 14.0. The van der Waals surface area contributed by atoms with E-state index in [-0.39, 0.29) is 11.8 Å². The normalized spacial score (nSPS) is 13.7. The van der Waals surface area contributed by atoms with Gasteiger partial charge >= 0.3 is 0 Å². The Bertz CT molecular complexity index is 1060. The third-order valence-corrected chi connectivity index (χ3v) is 5.38. The van der Waals surface area contributed by atoms with Gasteiger partial charge in [0.1, 0.15) is 5.82 Å². The number of aryl methyl sites for hydroxylation is 1. The van der Waals surface area contributed by atoms with Crippen LogP contribution in [-0.2, 0) is 11.3 Å². The minimum atomic E-state index is -0.204. The number of likely N-dealkylation sites (tertiary alicyclic amines) is 1. The van der Waals surface area contributed by atoms with Crippen molar-refractivity contribution in [3.8, 4) is 5.69 Å². The second kappa shape index (κ2) is 8.21. The predicted octanol–water partition coefficient (Wildman–Crippen LogP) is 4.32. The monoisotopic (exact) mass is 452 g/mol. The molecule has 1 aliphatic rings. The van der Waals surface area contributed by atoms with E-state index < -0.39 is 0 Å². The third kappa shape index (κ3) is 4.40. The van der Waals surface area contributed by atoms with E-state index in [0.29, 0.717) is 24.3 Å². The molecule has 1 aromatic heterocycles. The molecule has 1 saturated heterocycles. The second-order valence-electron chi connectivity index (χ2n) is 7.13. The van der Waals surface area contributed by atoms with Crippen molar-refractivity contribution in [2.24, 2.45) is 0 Å². The number of carbonyl (C=O) groups is 2. The summed E-state index contributed by atoms with van der Waals surface area (Å²) < 4.78 is 2.65. The van der Waals surface area contributed by atoms with Crippen LogP contribution in [-0.4, -0.2) is 33.0 Å². The Labute approximate surface area is 177 Å². The fourth-order valence-electron chi connectivity index (χ4n) is 3.43. The Hall–Kier alpha value is -2.93. The number of carbonyl (C=O) groups excluding carboxylic acids is 2. The van der Waals surface area contributed by atoms with Gasteiger partial charge in [-0.3, -0.25) is 9.59 Å². The van der Waals surface area contributed by atoms with Gasteiger partial charge in [0.15, 0.2) is 0 Å². The summed E-state index contributed by atoms with van der Waals surface area (Å²) in [4.78, 5) is 26.4. The van der Waals surface area contributed by atoms with Gasteiger partial charge in [-0.15, -0.1) is 0 Å². The van der Waals surface area contributed by atoms with E-state index in [1.54, 1.807) is 16.8 Å². The van der Waals surface area contributed by atoms with Gasteiger partial charge in [-0.05, 0) is 49.2 Å². The summed E-state index contributed by atoms with van der Waals surface area (Å²) in [5.74, 6) is 0.602. The van der Waals surface area contributed by atoms with Gasteiger partial charge in [0.25, 0.3) is 5.91 Å². The molecule has 0 spiro atoms. The molecule has 148 valence electrons. The summed E-state index contributed by atoms with van der Waals surface area (Å²) in [6.45, 7) is 3.29. The van der Waals surface area contributed by atoms with Crippen LogP contribution in [0.2, 0.25) is 0 Å². The fraction of sp³-hybridized carbons (Fsp3) is 0.227. The predicted molar refractivity (Wildman–Crippen MR) is 115 cm³/mol. The molecule has 2 amide bonds. The number of benzene rings is 2. The van der Waals surface area contributed by atoms with Crippen LogP contribution in [0.4, 0.5) is 5.82 Å². The van der Waals surface area contributed by atoms with Gasteiger partial charge in [-0.25, -0.2) is 4.68 Å². The van der Waals surface area contributed by atoms with Gasteiger partial charge < -0.3 is 10.2 Å². The number of amides is 2. The average Bonchev–Trinajstić information content (AvgIpc) is 3.27.